The molecule has 3 rings (SSSR count). The van der Waals surface area contributed by atoms with Crippen molar-refractivity contribution in [2.24, 2.45) is 0 Å². The summed E-state index contributed by atoms with van der Waals surface area (Å²) in [5.41, 5.74) is 4.59. The predicted molar refractivity (Wildman–Crippen MR) is 88.8 cm³/mol. The van der Waals surface area contributed by atoms with Crippen molar-refractivity contribution in [1.29, 1.82) is 5.26 Å². The van der Waals surface area contributed by atoms with Crippen LogP contribution in [0.2, 0.25) is 0 Å². The number of hydrogen-bond donors (Lipinski definition) is 0. The van der Waals surface area contributed by atoms with E-state index < -0.39 is 0 Å². The Morgan fingerprint density at radius 3 is 1.52 bits per heavy atom. The standard InChI is InChI=1S/C19H13NS/c20-14-21-19-12-17(15-7-3-1-4-8-15)11-18(13-19)16-9-5-2-6-10-16/h1-13H. The molecule has 0 saturated carbocycles. The molecule has 0 heterocycles. The molecule has 0 aliphatic rings. The van der Waals surface area contributed by atoms with E-state index in [1.54, 1.807) is 0 Å². The van der Waals surface area contributed by atoms with Crippen molar-refractivity contribution in [3.8, 4) is 27.7 Å². The first-order chi connectivity index (χ1) is 10.4. The monoisotopic (exact) mass is 287 g/mol. The third-order valence-electron chi connectivity index (χ3n) is 3.28. The lowest BCUT2D eigenvalue weighted by atomic mass is 9.99. The average molecular weight is 287 g/mol. The van der Waals surface area contributed by atoms with E-state index >= 15 is 0 Å². The summed E-state index contributed by atoms with van der Waals surface area (Å²) in [6.07, 6.45) is 0. The average Bonchev–Trinajstić information content (AvgIpc) is 2.56. The first-order valence-corrected chi connectivity index (χ1v) is 7.50. The highest BCUT2D eigenvalue weighted by Gasteiger charge is 2.05. The molecule has 0 aliphatic carbocycles. The maximum absolute atomic E-state index is 8.96. The van der Waals surface area contributed by atoms with Gasteiger partial charge < -0.3 is 0 Å². The molecule has 0 amide bonds. The second kappa shape index (κ2) is 6.30. The third-order valence-corrected chi connectivity index (χ3v) is 3.85. The van der Waals surface area contributed by atoms with Gasteiger partial charge in [0.15, 0.2) is 0 Å². The molecule has 3 aromatic rings. The van der Waals surface area contributed by atoms with Gasteiger partial charge in [-0.05, 0) is 52.2 Å². The van der Waals surface area contributed by atoms with Crippen LogP contribution in [0.3, 0.4) is 0 Å². The number of nitrogens with zero attached hydrogens (tertiary/aromatic N) is 1. The molecule has 0 bridgehead atoms. The van der Waals surface area contributed by atoms with Crippen LogP contribution < -0.4 is 0 Å². The van der Waals surface area contributed by atoms with Gasteiger partial charge >= 0.3 is 0 Å². The zero-order chi connectivity index (χ0) is 14.5. The van der Waals surface area contributed by atoms with Crippen LogP contribution in [-0.4, -0.2) is 0 Å². The van der Waals surface area contributed by atoms with Crippen LogP contribution >= 0.6 is 11.8 Å². The van der Waals surface area contributed by atoms with E-state index in [1.807, 2.05) is 36.4 Å². The summed E-state index contributed by atoms with van der Waals surface area (Å²) in [5.74, 6) is 0. The fourth-order valence-electron chi connectivity index (χ4n) is 2.31. The number of nitriles is 1. The molecule has 0 atom stereocenters. The summed E-state index contributed by atoms with van der Waals surface area (Å²) in [4.78, 5) is 0.970. The lowest BCUT2D eigenvalue weighted by Gasteiger charge is -2.08. The van der Waals surface area contributed by atoms with Gasteiger partial charge in [-0.15, -0.1) is 0 Å². The van der Waals surface area contributed by atoms with Gasteiger partial charge in [-0.25, -0.2) is 0 Å². The molecule has 0 spiro atoms. The Labute approximate surface area is 128 Å². The Kier molecular flexibility index (Phi) is 4.04. The van der Waals surface area contributed by atoms with Crippen LogP contribution in [0.4, 0.5) is 0 Å². The minimum atomic E-state index is 0.970. The number of thiocyanates is 1. The Morgan fingerprint density at radius 2 is 1.10 bits per heavy atom. The van der Waals surface area contributed by atoms with Gasteiger partial charge in [0.2, 0.25) is 0 Å². The van der Waals surface area contributed by atoms with E-state index in [4.69, 9.17) is 5.26 Å². The van der Waals surface area contributed by atoms with E-state index in [0.29, 0.717) is 0 Å². The van der Waals surface area contributed by atoms with Crippen molar-refractivity contribution < 1.29 is 0 Å². The highest BCUT2D eigenvalue weighted by atomic mass is 32.2. The van der Waals surface area contributed by atoms with E-state index in [0.717, 1.165) is 27.1 Å². The first-order valence-electron chi connectivity index (χ1n) is 6.69. The summed E-state index contributed by atoms with van der Waals surface area (Å²) >= 11 is 1.20. The van der Waals surface area contributed by atoms with Crippen LogP contribution in [0.1, 0.15) is 0 Å². The van der Waals surface area contributed by atoms with E-state index in [2.05, 4.69) is 47.9 Å². The van der Waals surface area contributed by atoms with Crippen molar-refractivity contribution in [2.45, 2.75) is 4.90 Å². The Morgan fingerprint density at radius 1 is 0.619 bits per heavy atom. The maximum Gasteiger partial charge on any atom is 0.138 e. The molecule has 2 heteroatoms. The molecule has 3 aromatic carbocycles. The van der Waals surface area contributed by atoms with Gasteiger partial charge in [0.1, 0.15) is 5.40 Å². The number of hydrogen-bond acceptors (Lipinski definition) is 2. The van der Waals surface area contributed by atoms with E-state index in [-0.39, 0.29) is 0 Å². The van der Waals surface area contributed by atoms with Crippen molar-refractivity contribution >= 4 is 11.8 Å². The second-order valence-electron chi connectivity index (χ2n) is 4.67. The molecule has 0 aromatic heterocycles. The zero-order valence-corrected chi connectivity index (χ0v) is 12.2. The smallest absolute Gasteiger partial charge is 0.138 e. The topological polar surface area (TPSA) is 23.8 Å². The second-order valence-corrected chi connectivity index (χ2v) is 5.53. The molecule has 21 heavy (non-hydrogen) atoms. The van der Waals surface area contributed by atoms with Crippen molar-refractivity contribution in [3.63, 3.8) is 0 Å². The Balaban J connectivity index is 2.13. The van der Waals surface area contributed by atoms with Crippen molar-refractivity contribution in [1.82, 2.24) is 0 Å². The fourth-order valence-corrected chi connectivity index (χ4v) is 2.78. The molecule has 0 aliphatic heterocycles. The Hall–Kier alpha value is -2.50. The zero-order valence-electron chi connectivity index (χ0n) is 11.4. The predicted octanol–water partition coefficient (Wildman–Crippen LogP) is 5.59. The molecular weight excluding hydrogens is 274 g/mol. The van der Waals surface area contributed by atoms with Gasteiger partial charge in [0.25, 0.3) is 0 Å². The fraction of sp³-hybridized carbons (Fsp3) is 0. The van der Waals surface area contributed by atoms with Gasteiger partial charge in [-0.3, -0.25) is 0 Å². The number of benzene rings is 3. The van der Waals surface area contributed by atoms with Crippen molar-refractivity contribution in [3.05, 3.63) is 78.9 Å². The number of rotatable bonds is 3. The van der Waals surface area contributed by atoms with Crippen molar-refractivity contribution in [2.75, 3.05) is 0 Å². The largest absolute Gasteiger partial charge is 0.185 e. The van der Waals surface area contributed by atoms with Gasteiger partial charge in [0, 0.05) is 4.90 Å². The minimum Gasteiger partial charge on any atom is -0.185 e. The lowest BCUT2D eigenvalue weighted by molar-refractivity contribution is 1.45. The molecule has 0 saturated heterocycles. The molecule has 0 unspecified atom stereocenters. The lowest BCUT2D eigenvalue weighted by Crippen LogP contribution is -1.83. The first kappa shape index (κ1) is 13.5. The summed E-state index contributed by atoms with van der Waals surface area (Å²) in [7, 11) is 0. The van der Waals surface area contributed by atoms with Crippen LogP contribution in [0, 0.1) is 10.7 Å². The van der Waals surface area contributed by atoms with E-state index in [1.165, 1.54) is 11.8 Å². The normalized spacial score (nSPS) is 10.0. The maximum atomic E-state index is 8.96. The molecule has 0 radical (unpaired) electrons. The van der Waals surface area contributed by atoms with Crippen LogP contribution in [-0.2, 0) is 0 Å². The molecule has 0 fully saturated rings. The summed E-state index contributed by atoms with van der Waals surface area (Å²) < 4.78 is 0. The SMILES string of the molecule is N#CSc1cc(-c2ccccc2)cc(-c2ccccc2)c1. The summed E-state index contributed by atoms with van der Waals surface area (Å²) in [6, 6.07) is 26.8. The van der Waals surface area contributed by atoms with Gasteiger partial charge in [0.05, 0.1) is 0 Å². The molecular formula is C19H13NS. The molecule has 1 nitrogen and oxygen atoms in total. The highest BCUT2D eigenvalue weighted by molar-refractivity contribution is 8.03. The highest BCUT2D eigenvalue weighted by Crippen LogP contribution is 2.31. The third kappa shape index (κ3) is 3.16. The quantitative estimate of drug-likeness (QED) is 0.463. The van der Waals surface area contributed by atoms with Crippen LogP contribution in [0.15, 0.2) is 83.8 Å². The van der Waals surface area contributed by atoms with Crippen LogP contribution in [0.25, 0.3) is 22.3 Å². The van der Waals surface area contributed by atoms with E-state index in [9.17, 15) is 0 Å². The summed E-state index contributed by atoms with van der Waals surface area (Å²) in [6.45, 7) is 0. The van der Waals surface area contributed by atoms with Gasteiger partial charge in [-0.2, -0.15) is 5.26 Å². The number of thioether (sulfide) groups is 1. The molecule has 0 N–H and O–H groups in total. The van der Waals surface area contributed by atoms with Crippen LogP contribution in [0.5, 0.6) is 0 Å². The van der Waals surface area contributed by atoms with Gasteiger partial charge in [-0.1, -0.05) is 60.7 Å². The summed E-state index contributed by atoms with van der Waals surface area (Å²) in [5, 5.41) is 11.1. The minimum absolute atomic E-state index is 0.970. The molecule has 100 valence electrons. The Bertz CT molecular complexity index is 716.